The SMILES string of the molecule is COCCNCCNCCC1CCC2(CC1)OCCO2. The van der Waals surface area contributed by atoms with Crippen molar-refractivity contribution in [2.75, 3.05) is 53.1 Å². The van der Waals surface area contributed by atoms with Crippen LogP contribution in [0.25, 0.3) is 0 Å². The summed E-state index contributed by atoms with van der Waals surface area (Å²) in [5.41, 5.74) is 0. The van der Waals surface area contributed by atoms with Gasteiger partial charge in [-0.25, -0.2) is 0 Å². The van der Waals surface area contributed by atoms with Crippen molar-refractivity contribution < 1.29 is 14.2 Å². The summed E-state index contributed by atoms with van der Waals surface area (Å²) in [6, 6.07) is 0. The molecule has 1 heterocycles. The fraction of sp³-hybridized carbons (Fsp3) is 1.00. The van der Waals surface area contributed by atoms with E-state index in [0.717, 1.165) is 64.8 Å². The Morgan fingerprint density at radius 3 is 2.30 bits per heavy atom. The zero-order chi connectivity index (χ0) is 14.1. The normalized spacial score (nSPS) is 22.6. The zero-order valence-corrected chi connectivity index (χ0v) is 12.8. The minimum atomic E-state index is -0.199. The number of hydrogen-bond acceptors (Lipinski definition) is 5. The van der Waals surface area contributed by atoms with Crippen LogP contribution >= 0.6 is 0 Å². The molecule has 0 bridgehead atoms. The summed E-state index contributed by atoms with van der Waals surface area (Å²) < 4.78 is 16.5. The Labute approximate surface area is 122 Å². The van der Waals surface area contributed by atoms with Crippen LogP contribution in [0.4, 0.5) is 0 Å². The largest absolute Gasteiger partial charge is 0.383 e. The molecular weight excluding hydrogens is 256 g/mol. The first-order valence-electron chi connectivity index (χ1n) is 8.03. The second-order valence-electron chi connectivity index (χ2n) is 5.83. The van der Waals surface area contributed by atoms with Crippen molar-refractivity contribution in [2.45, 2.75) is 37.9 Å². The number of hydrogen-bond donors (Lipinski definition) is 2. The Balaban J connectivity index is 1.43. The topological polar surface area (TPSA) is 51.8 Å². The predicted molar refractivity (Wildman–Crippen MR) is 78.8 cm³/mol. The van der Waals surface area contributed by atoms with Crippen molar-refractivity contribution in [3.8, 4) is 0 Å². The Morgan fingerprint density at radius 2 is 1.65 bits per heavy atom. The zero-order valence-electron chi connectivity index (χ0n) is 12.8. The Hall–Kier alpha value is -0.200. The van der Waals surface area contributed by atoms with E-state index < -0.39 is 0 Å². The summed E-state index contributed by atoms with van der Waals surface area (Å²) in [4.78, 5) is 0. The minimum Gasteiger partial charge on any atom is -0.383 e. The van der Waals surface area contributed by atoms with E-state index in [-0.39, 0.29) is 5.79 Å². The summed E-state index contributed by atoms with van der Waals surface area (Å²) in [5.74, 6) is 0.636. The Kier molecular flexibility index (Phi) is 7.24. The Bertz CT molecular complexity index is 248. The van der Waals surface area contributed by atoms with E-state index >= 15 is 0 Å². The molecule has 2 rings (SSSR count). The van der Waals surface area contributed by atoms with Crippen molar-refractivity contribution >= 4 is 0 Å². The van der Waals surface area contributed by atoms with Gasteiger partial charge in [0.05, 0.1) is 19.8 Å². The molecule has 1 saturated carbocycles. The molecule has 0 radical (unpaired) electrons. The number of nitrogens with one attached hydrogen (secondary N) is 2. The lowest BCUT2D eigenvalue weighted by Crippen LogP contribution is -2.36. The van der Waals surface area contributed by atoms with E-state index in [1.54, 1.807) is 7.11 Å². The van der Waals surface area contributed by atoms with Crippen LogP contribution in [0.1, 0.15) is 32.1 Å². The molecule has 5 heteroatoms. The van der Waals surface area contributed by atoms with Crippen LogP contribution < -0.4 is 10.6 Å². The van der Waals surface area contributed by atoms with Crippen LogP contribution in [-0.4, -0.2) is 58.9 Å². The van der Waals surface area contributed by atoms with Gasteiger partial charge in [0.25, 0.3) is 0 Å². The number of methoxy groups -OCH3 is 1. The third-order valence-corrected chi connectivity index (χ3v) is 4.37. The first-order chi connectivity index (χ1) is 9.85. The Morgan fingerprint density at radius 1 is 1.00 bits per heavy atom. The van der Waals surface area contributed by atoms with E-state index in [0.29, 0.717) is 0 Å². The van der Waals surface area contributed by atoms with Gasteiger partial charge in [-0.2, -0.15) is 0 Å². The van der Waals surface area contributed by atoms with Crippen molar-refractivity contribution in [1.29, 1.82) is 0 Å². The molecule has 118 valence electrons. The van der Waals surface area contributed by atoms with Crippen LogP contribution in [0.2, 0.25) is 0 Å². The average molecular weight is 286 g/mol. The van der Waals surface area contributed by atoms with Gasteiger partial charge in [0.15, 0.2) is 5.79 Å². The summed E-state index contributed by atoms with van der Waals surface area (Å²) in [5, 5.41) is 6.84. The maximum atomic E-state index is 5.76. The molecule has 1 saturated heterocycles. The number of ether oxygens (including phenoxy) is 3. The fourth-order valence-electron chi connectivity index (χ4n) is 3.10. The van der Waals surface area contributed by atoms with Gasteiger partial charge in [-0.15, -0.1) is 0 Å². The maximum absolute atomic E-state index is 5.76. The third kappa shape index (κ3) is 5.30. The van der Waals surface area contributed by atoms with Crippen LogP contribution in [-0.2, 0) is 14.2 Å². The van der Waals surface area contributed by atoms with Crippen molar-refractivity contribution in [3.05, 3.63) is 0 Å². The van der Waals surface area contributed by atoms with Gasteiger partial charge >= 0.3 is 0 Å². The molecule has 1 aliphatic heterocycles. The molecule has 2 N–H and O–H groups in total. The van der Waals surface area contributed by atoms with E-state index in [2.05, 4.69) is 10.6 Å². The monoisotopic (exact) mass is 286 g/mol. The van der Waals surface area contributed by atoms with Gasteiger partial charge in [0.1, 0.15) is 0 Å². The molecule has 0 aromatic heterocycles. The highest BCUT2D eigenvalue weighted by atomic mass is 16.7. The quantitative estimate of drug-likeness (QED) is 0.623. The molecule has 0 aromatic rings. The third-order valence-electron chi connectivity index (χ3n) is 4.37. The smallest absolute Gasteiger partial charge is 0.168 e. The summed E-state index contributed by atoms with van der Waals surface area (Å²) in [7, 11) is 1.73. The van der Waals surface area contributed by atoms with E-state index in [9.17, 15) is 0 Å². The van der Waals surface area contributed by atoms with Gasteiger partial charge in [-0.3, -0.25) is 0 Å². The second-order valence-corrected chi connectivity index (χ2v) is 5.83. The van der Waals surface area contributed by atoms with Gasteiger partial charge in [-0.1, -0.05) is 0 Å². The van der Waals surface area contributed by atoms with Crippen LogP contribution in [0, 0.1) is 5.92 Å². The molecule has 0 unspecified atom stereocenters. The van der Waals surface area contributed by atoms with Crippen molar-refractivity contribution in [3.63, 3.8) is 0 Å². The molecule has 0 aromatic carbocycles. The standard InChI is InChI=1S/C15H30N2O3/c1-18-11-10-17-9-8-16-7-4-14-2-5-15(6-3-14)19-12-13-20-15/h14,16-17H,2-13H2,1H3. The molecule has 0 atom stereocenters. The lowest BCUT2D eigenvalue weighted by atomic mass is 9.83. The minimum absolute atomic E-state index is 0.199. The molecule has 0 amide bonds. The first kappa shape index (κ1) is 16.2. The van der Waals surface area contributed by atoms with Crippen LogP contribution in [0.3, 0.4) is 0 Å². The highest BCUT2D eigenvalue weighted by molar-refractivity contribution is 4.82. The summed E-state index contributed by atoms with van der Waals surface area (Å²) in [6.07, 6.45) is 5.92. The molecule has 1 spiro atoms. The summed E-state index contributed by atoms with van der Waals surface area (Å²) in [6.45, 7) is 6.44. The lowest BCUT2D eigenvalue weighted by Gasteiger charge is -2.35. The highest BCUT2D eigenvalue weighted by Gasteiger charge is 2.39. The van der Waals surface area contributed by atoms with Crippen molar-refractivity contribution in [2.24, 2.45) is 5.92 Å². The predicted octanol–water partition coefficient (Wildman–Crippen LogP) is 1.14. The van der Waals surface area contributed by atoms with Gasteiger partial charge in [0, 0.05) is 39.6 Å². The highest BCUT2D eigenvalue weighted by Crippen LogP contribution is 2.39. The van der Waals surface area contributed by atoms with Gasteiger partial charge in [0.2, 0.25) is 0 Å². The average Bonchev–Trinajstić information content (AvgIpc) is 2.92. The van der Waals surface area contributed by atoms with E-state index in [1.165, 1.54) is 19.3 Å². The molecule has 2 aliphatic rings. The number of rotatable bonds is 9. The maximum Gasteiger partial charge on any atom is 0.168 e. The van der Waals surface area contributed by atoms with Gasteiger partial charge < -0.3 is 24.8 Å². The first-order valence-corrected chi connectivity index (χ1v) is 8.03. The molecular formula is C15H30N2O3. The molecule has 5 nitrogen and oxygen atoms in total. The molecule has 20 heavy (non-hydrogen) atoms. The van der Waals surface area contributed by atoms with Crippen LogP contribution in [0.5, 0.6) is 0 Å². The summed E-state index contributed by atoms with van der Waals surface area (Å²) >= 11 is 0. The second kappa shape index (κ2) is 8.95. The molecule has 2 fully saturated rings. The van der Waals surface area contributed by atoms with Crippen molar-refractivity contribution in [1.82, 2.24) is 10.6 Å². The lowest BCUT2D eigenvalue weighted by molar-refractivity contribution is -0.182. The van der Waals surface area contributed by atoms with Crippen LogP contribution in [0.15, 0.2) is 0 Å². The van der Waals surface area contributed by atoms with E-state index in [4.69, 9.17) is 14.2 Å². The fourth-order valence-corrected chi connectivity index (χ4v) is 3.10. The van der Waals surface area contributed by atoms with Gasteiger partial charge in [-0.05, 0) is 31.7 Å². The van der Waals surface area contributed by atoms with E-state index in [1.807, 2.05) is 0 Å². The molecule has 1 aliphatic carbocycles.